The first-order chi connectivity index (χ1) is 4.72. The zero-order valence-corrected chi connectivity index (χ0v) is 7.85. The number of nitrogens with zero attached hydrogens (tertiary/aromatic N) is 1. The van der Waals surface area contributed by atoms with Crippen LogP contribution in [0.3, 0.4) is 0 Å². The minimum absolute atomic E-state index is 0.935. The van der Waals surface area contributed by atoms with Gasteiger partial charge in [-0.25, -0.2) is 0 Å². The van der Waals surface area contributed by atoms with Crippen molar-refractivity contribution < 1.29 is 0 Å². The number of rotatable bonds is 2. The molecule has 1 aliphatic rings. The molecule has 0 unspecified atom stereocenters. The van der Waals surface area contributed by atoms with Gasteiger partial charge in [0.15, 0.2) is 0 Å². The van der Waals surface area contributed by atoms with Crippen molar-refractivity contribution in [2.45, 2.75) is 45.6 Å². The molecule has 0 amide bonds. The van der Waals surface area contributed by atoms with Gasteiger partial charge < -0.3 is 4.90 Å². The molecule has 0 N–H and O–H groups in total. The van der Waals surface area contributed by atoms with Crippen LogP contribution in [0, 0.1) is 0 Å². The van der Waals surface area contributed by atoms with Crippen molar-refractivity contribution in [2.24, 2.45) is 0 Å². The largest absolute Gasteiger partial charge is 0.306 e. The Morgan fingerprint density at radius 1 is 1.10 bits per heavy atom. The van der Waals surface area contributed by atoms with Gasteiger partial charge in [-0.1, -0.05) is 26.7 Å². The molecule has 0 spiro atoms. The van der Waals surface area contributed by atoms with E-state index in [2.05, 4.69) is 32.8 Å². The smallest absolute Gasteiger partial charge is 0.00903 e. The van der Waals surface area contributed by atoms with Crippen molar-refractivity contribution in [1.82, 2.24) is 4.90 Å². The molecular weight excluding hydrogens is 122 g/mol. The summed E-state index contributed by atoms with van der Waals surface area (Å²) in [6.07, 6.45) is 5.49. The van der Waals surface area contributed by atoms with Crippen LogP contribution in [0.1, 0.15) is 39.5 Å². The van der Waals surface area contributed by atoms with Gasteiger partial charge in [-0.2, -0.15) is 0 Å². The highest BCUT2D eigenvalue weighted by atomic mass is 15.1. The second-order valence-electron chi connectivity index (χ2n) is 3.19. The molecule has 0 bridgehead atoms. The first-order valence-electron chi connectivity index (χ1n) is 4.38. The van der Waals surface area contributed by atoms with Gasteiger partial charge in [-0.05, 0) is 26.9 Å². The Bertz CT molecular complexity index is 63.1. The standard InChI is InChI=1S/C5H11N.C4H10/c1-6(2)5-3-4-5;1-3-4-2/h5H,3-4H2,1-2H3;3-4H2,1-2H3. The summed E-state index contributed by atoms with van der Waals surface area (Å²) in [5.41, 5.74) is 0. The van der Waals surface area contributed by atoms with Gasteiger partial charge in [0.05, 0.1) is 0 Å². The molecule has 1 fully saturated rings. The lowest BCUT2D eigenvalue weighted by Crippen LogP contribution is -2.12. The Hall–Kier alpha value is -0.0400. The SMILES string of the molecule is CCCC.CN(C)C1CC1. The monoisotopic (exact) mass is 143 g/mol. The Balaban J connectivity index is 0.000000180. The Morgan fingerprint density at radius 2 is 1.50 bits per heavy atom. The molecule has 1 aliphatic carbocycles. The van der Waals surface area contributed by atoms with Crippen molar-refractivity contribution in [3.05, 3.63) is 0 Å². The molecule has 0 aromatic rings. The minimum Gasteiger partial charge on any atom is -0.306 e. The molecule has 1 heteroatoms. The first kappa shape index (κ1) is 9.96. The maximum atomic E-state index is 2.28. The quantitative estimate of drug-likeness (QED) is 0.574. The zero-order chi connectivity index (χ0) is 7.98. The van der Waals surface area contributed by atoms with Crippen LogP contribution >= 0.6 is 0 Å². The molecule has 0 aliphatic heterocycles. The highest BCUT2D eigenvalue weighted by molar-refractivity contribution is 4.79. The lowest BCUT2D eigenvalue weighted by atomic mass is 10.4. The zero-order valence-electron chi connectivity index (χ0n) is 7.85. The average Bonchev–Trinajstić information content (AvgIpc) is 2.69. The second kappa shape index (κ2) is 5.72. The van der Waals surface area contributed by atoms with Crippen molar-refractivity contribution in [1.29, 1.82) is 0 Å². The normalized spacial score (nSPS) is 16.5. The van der Waals surface area contributed by atoms with Crippen LogP contribution < -0.4 is 0 Å². The van der Waals surface area contributed by atoms with Crippen LogP contribution in [0.25, 0.3) is 0 Å². The summed E-state index contributed by atoms with van der Waals surface area (Å²) in [7, 11) is 4.27. The number of hydrogen-bond donors (Lipinski definition) is 0. The Morgan fingerprint density at radius 3 is 1.50 bits per heavy atom. The number of hydrogen-bond acceptors (Lipinski definition) is 1. The third-order valence-electron chi connectivity index (χ3n) is 1.78. The fourth-order valence-corrected chi connectivity index (χ4v) is 0.591. The maximum absolute atomic E-state index is 2.28. The highest BCUT2D eigenvalue weighted by Crippen LogP contribution is 2.23. The summed E-state index contributed by atoms with van der Waals surface area (Å²) in [6.45, 7) is 4.36. The van der Waals surface area contributed by atoms with Gasteiger partial charge in [0.1, 0.15) is 0 Å². The van der Waals surface area contributed by atoms with E-state index >= 15 is 0 Å². The first-order valence-corrected chi connectivity index (χ1v) is 4.38. The third-order valence-corrected chi connectivity index (χ3v) is 1.78. The fourth-order valence-electron chi connectivity index (χ4n) is 0.591. The molecule has 1 nitrogen and oxygen atoms in total. The molecule has 0 saturated heterocycles. The van der Waals surface area contributed by atoms with E-state index in [4.69, 9.17) is 0 Å². The summed E-state index contributed by atoms with van der Waals surface area (Å²) in [6, 6.07) is 0.935. The molecule has 0 aromatic heterocycles. The van der Waals surface area contributed by atoms with Crippen LogP contribution in [-0.2, 0) is 0 Å². The van der Waals surface area contributed by atoms with E-state index in [1.807, 2.05) is 0 Å². The average molecular weight is 143 g/mol. The van der Waals surface area contributed by atoms with Crippen LogP contribution in [0.4, 0.5) is 0 Å². The van der Waals surface area contributed by atoms with Gasteiger partial charge in [-0.3, -0.25) is 0 Å². The predicted molar refractivity (Wildman–Crippen MR) is 47.3 cm³/mol. The summed E-state index contributed by atoms with van der Waals surface area (Å²) < 4.78 is 0. The van der Waals surface area contributed by atoms with Crippen molar-refractivity contribution >= 4 is 0 Å². The van der Waals surface area contributed by atoms with Gasteiger partial charge >= 0.3 is 0 Å². The van der Waals surface area contributed by atoms with Crippen LogP contribution in [0.15, 0.2) is 0 Å². The van der Waals surface area contributed by atoms with E-state index in [1.54, 1.807) is 0 Å². The van der Waals surface area contributed by atoms with Crippen molar-refractivity contribution in [3.63, 3.8) is 0 Å². The summed E-state index contributed by atoms with van der Waals surface area (Å²) in [5, 5.41) is 0. The summed E-state index contributed by atoms with van der Waals surface area (Å²) in [5.74, 6) is 0. The van der Waals surface area contributed by atoms with E-state index in [0.29, 0.717) is 0 Å². The van der Waals surface area contributed by atoms with Gasteiger partial charge in [-0.15, -0.1) is 0 Å². The van der Waals surface area contributed by atoms with E-state index < -0.39 is 0 Å². The molecule has 0 aromatic carbocycles. The van der Waals surface area contributed by atoms with Crippen LogP contribution in [0.5, 0.6) is 0 Å². The van der Waals surface area contributed by atoms with E-state index in [-0.39, 0.29) is 0 Å². The number of unbranched alkanes of at least 4 members (excludes halogenated alkanes) is 1. The fraction of sp³-hybridized carbons (Fsp3) is 1.00. The molecular formula is C9H21N. The topological polar surface area (TPSA) is 3.24 Å². The molecule has 0 radical (unpaired) electrons. The Kier molecular flexibility index (Phi) is 5.70. The molecule has 62 valence electrons. The molecule has 0 heterocycles. The maximum Gasteiger partial charge on any atom is 0.00903 e. The van der Waals surface area contributed by atoms with E-state index in [9.17, 15) is 0 Å². The summed E-state index contributed by atoms with van der Waals surface area (Å²) >= 11 is 0. The minimum atomic E-state index is 0.935. The summed E-state index contributed by atoms with van der Waals surface area (Å²) in [4.78, 5) is 2.28. The van der Waals surface area contributed by atoms with Gasteiger partial charge in [0, 0.05) is 6.04 Å². The van der Waals surface area contributed by atoms with Crippen LogP contribution in [-0.4, -0.2) is 25.0 Å². The van der Waals surface area contributed by atoms with E-state index in [1.165, 1.54) is 25.7 Å². The van der Waals surface area contributed by atoms with Crippen molar-refractivity contribution in [3.8, 4) is 0 Å². The molecule has 10 heavy (non-hydrogen) atoms. The van der Waals surface area contributed by atoms with Gasteiger partial charge in [0.2, 0.25) is 0 Å². The Labute approximate surface area is 65.4 Å². The van der Waals surface area contributed by atoms with E-state index in [0.717, 1.165) is 6.04 Å². The van der Waals surface area contributed by atoms with Gasteiger partial charge in [0.25, 0.3) is 0 Å². The molecule has 1 saturated carbocycles. The third kappa shape index (κ3) is 6.09. The molecule has 0 atom stereocenters. The highest BCUT2D eigenvalue weighted by Gasteiger charge is 2.22. The van der Waals surface area contributed by atoms with Crippen LogP contribution in [0.2, 0.25) is 0 Å². The van der Waals surface area contributed by atoms with Crippen molar-refractivity contribution in [2.75, 3.05) is 14.1 Å². The lowest BCUT2D eigenvalue weighted by molar-refractivity contribution is 0.399. The lowest BCUT2D eigenvalue weighted by Gasteiger charge is -2.03. The predicted octanol–water partition coefficient (Wildman–Crippen LogP) is 2.52. The second-order valence-corrected chi connectivity index (χ2v) is 3.19. The molecule has 1 rings (SSSR count).